The topological polar surface area (TPSA) is 40.5 Å². The number of pyridine rings is 1. The zero-order valence-electron chi connectivity index (χ0n) is 13.1. The van der Waals surface area contributed by atoms with Gasteiger partial charge in [-0.25, -0.2) is 0 Å². The third-order valence-electron chi connectivity index (χ3n) is 4.67. The SMILES string of the molecule is Cn1c(=O)c(B2OC(C)(C)C(C)(C)O2)cc2ccccc21. The van der Waals surface area contributed by atoms with E-state index in [-0.39, 0.29) is 5.56 Å². The molecule has 3 rings (SSSR count). The molecule has 5 heteroatoms. The Bertz CT molecular complexity index is 748. The molecule has 0 spiro atoms. The maximum absolute atomic E-state index is 12.6. The molecule has 0 atom stereocenters. The van der Waals surface area contributed by atoms with Gasteiger partial charge in [0.1, 0.15) is 0 Å². The van der Waals surface area contributed by atoms with E-state index in [1.807, 2.05) is 58.0 Å². The molecule has 4 nitrogen and oxygen atoms in total. The molecule has 1 fully saturated rings. The molecule has 2 heterocycles. The summed E-state index contributed by atoms with van der Waals surface area (Å²) in [6.45, 7) is 7.94. The average Bonchev–Trinajstić information content (AvgIpc) is 2.62. The highest BCUT2D eigenvalue weighted by Crippen LogP contribution is 2.36. The van der Waals surface area contributed by atoms with Gasteiger partial charge >= 0.3 is 7.12 Å². The molecule has 1 saturated heterocycles. The Morgan fingerprint density at radius 1 is 1.05 bits per heavy atom. The van der Waals surface area contributed by atoms with Crippen molar-refractivity contribution in [1.82, 2.24) is 4.57 Å². The summed E-state index contributed by atoms with van der Waals surface area (Å²) < 4.78 is 13.6. The van der Waals surface area contributed by atoms with E-state index in [2.05, 4.69) is 0 Å². The molecule has 0 amide bonds. The smallest absolute Gasteiger partial charge is 0.399 e. The molecule has 0 bridgehead atoms. The first kappa shape index (κ1) is 14.4. The van der Waals surface area contributed by atoms with E-state index < -0.39 is 18.3 Å². The number of hydrogen-bond acceptors (Lipinski definition) is 3. The zero-order valence-corrected chi connectivity index (χ0v) is 13.1. The van der Waals surface area contributed by atoms with Gasteiger partial charge in [-0.3, -0.25) is 4.79 Å². The lowest BCUT2D eigenvalue weighted by atomic mass is 9.79. The Morgan fingerprint density at radius 2 is 1.62 bits per heavy atom. The molecule has 1 aromatic carbocycles. The van der Waals surface area contributed by atoms with E-state index in [1.165, 1.54) is 0 Å². The second-order valence-electron chi connectivity index (χ2n) is 6.61. The van der Waals surface area contributed by atoms with Gasteiger partial charge in [0.2, 0.25) is 0 Å². The third-order valence-corrected chi connectivity index (χ3v) is 4.67. The van der Waals surface area contributed by atoms with Crippen LogP contribution in [0.1, 0.15) is 27.7 Å². The molecule has 2 aromatic rings. The first-order valence-corrected chi connectivity index (χ1v) is 7.17. The second kappa shape index (κ2) is 4.45. The van der Waals surface area contributed by atoms with E-state index in [9.17, 15) is 4.79 Å². The van der Waals surface area contributed by atoms with Crippen molar-refractivity contribution in [2.45, 2.75) is 38.9 Å². The van der Waals surface area contributed by atoms with Crippen LogP contribution in [0.15, 0.2) is 35.1 Å². The lowest BCUT2D eigenvalue weighted by Crippen LogP contribution is -2.47. The van der Waals surface area contributed by atoms with Crippen molar-refractivity contribution in [2.75, 3.05) is 0 Å². The molecule has 1 aromatic heterocycles. The predicted molar refractivity (Wildman–Crippen MR) is 84.9 cm³/mol. The molecule has 0 radical (unpaired) electrons. The monoisotopic (exact) mass is 285 g/mol. The summed E-state index contributed by atoms with van der Waals surface area (Å²) in [6.07, 6.45) is 0. The normalized spacial score (nSPS) is 20.1. The summed E-state index contributed by atoms with van der Waals surface area (Å²) in [5.41, 5.74) is 0.479. The lowest BCUT2D eigenvalue weighted by molar-refractivity contribution is 0.00578. The van der Waals surface area contributed by atoms with Crippen molar-refractivity contribution >= 4 is 23.5 Å². The second-order valence-corrected chi connectivity index (χ2v) is 6.61. The lowest BCUT2D eigenvalue weighted by Gasteiger charge is -2.32. The van der Waals surface area contributed by atoms with Gasteiger partial charge in [-0.2, -0.15) is 0 Å². The fourth-order valence-corrected chi connectivity index (χ4v) is 2.59. The Kier molecular flexibility index (Phi) is 3.04. The maximum atomic E-state index is 12.6. The summed E-state index contributed by atoms with van der Waals surface area (Å²) in [6, 6.07) is 9.69. The number of fused-ring (bicyclic) bond motifs is 1. The first-order valence-electron chi connectivity index (χ1n) is 7.17. The Labute approximate surface area is 124 Å². The fourth-order valence-electron chi connectivity index (χ4n) is 2.59. The molecular formula is C16H20BNO3. The number of benzene rings is 1. The van der Waals surface area contributed by atoms with Crippen molar-refractivity contribution in [3.8, 4) is 0 Å². The van der Waals surface area contributed by atoms with Crippen molar-refractivity contribution in [3.05, 3.63) is 40.7 Å². The van der Waals surface area contributed by atoms with Crippen molar-refractivity contribution < 1.29 is 9.31 Å². The fraction of sp³-hybridized carbons (Fsp3) is 0.438. The largest absolute Gasteiger partial charge is 0.500 e. The number of nitrogens with zero attached hydrogens (tertiary/aromatic N) is 1. The number of para-hydroxylation sites is 1. The van der Waals surface area contributed by atoms with Crippen molar-refractivity contribution in [1.29, 1.82) is 0 Å². The van der Waals surface area contributed by atoms with Crippen LogP contribution in [-0.4, -0.2) is 22.9 Å². The number of rotatable bonds is 1. The molecule has 0 unspecified atom stereocenters. The molecule has 110 valence electrons. The minimum Gasteiger partial charge on any atom is -0.399 e. The van der Waals surface area contributed by atoms with E-state index in [1.54, 1.807) is 11.6 Å². The summed E-state index contributed by atoms with van der Waals surface area (Å²) >= 11 is 0. The first-order chi connectivity index (χ1) is 9.73. The highest BCUT2D eigenvalue weighted by molar-refractivity contribution is 6.62. The van der Waals surface area contributed by atoms with Crippen LogP contribution in [0.25, 0.3) is 10.9 Å². The molecule has 1 aliphatic rings. The molecule has 0 N–H and O–H groups in total. The standard InChI is InChI=1S/C16H20BNO3/c1-15(2)16(3,4)21-17(20-15)12-10-11-8-6-7-9-13(11)18(5)14(12)19/h6-10H,1-5H3. The quantitative estimate of drug-likeness (QED) is 0.751. The van der Waals surface area contributed by atoms with Gasteiger partial charge in [0.15, 0.2) is 0 Å². The van der Waals surface area contributed by atoms with E-state index in [4.69, 9.17) is 9.31 Å². The minimum atomic E-state index is -0.627. The Balaban J connectivity index is 2.15. The zero-order chi connectivity index (χ0) is 15.4. The predicted octanol–water partition coefficient (Wildman–Crippen LogP) is 1.84. The average molecular weight is 285 g/mol. The number of aryl methyl sites for hydroxylation is 1. The number of aromatic nitrogens is 1. The van der Waals surface area contributed by atoms with Crippen molar-refractivity contribution in [2.24, 2.45) is 7.05 Å². The molecule has 0 saturated carbocycles. The van der Waals surface area contributed by atoms with Gasteiger partial charge in [0, 0.05) is 12.5 Å². The van der Waals surface area contributed by atoms with Crippen LogP contribution in [0.2, 0.25) is 0 Å². The van der Waals surface area contributed by atoms with E-state index in [0.29, 0.717) is 5.46 Å². The van der Waals surface area contributed by atoms with Crippen LogP contribution in [0, 0.1) is 0 Å². The van der Waals surface area contributed by atoms with Gasteiger partial charge in [0.05, 0.1) is 16.7 Å². The van der Waals surface area contributed by atoms with Gasteiger partial charge in [-0.1, -0.05) is 18.2 Å². The maximum Gasteiger partial charge on any atom is 0.500 e. The van der Waals surface area contributed by atoms with E-state index in [0.717, 1.165) is 10.9 Å². The van der Waals surface area contributed by atoms with Crippen LogP contribution in [0.4, 0.5) is 0 Å². The summed E-state index contributed by atoms with van der Waals surface area (Å²) in [4.78, 5) is 12.6. The van der Waals surface area contributed by atoms with Crippen LogP contribution >= 0.6 is 0 Å². The molecule has 21 heavy (non-hydrogen) atoms. The molecule has 0 aliphatic carbocycles. The molecular weight excluding hydrogens is 265 g/mol. The highest BCUT2D eigenvalue weighted by atomic mass is 16.7. The van der Waals surface area contributed by atoms with Crippen LogP contribution < -0.4 is 11.0 Å². The molecule has 1 aliphatic heterocycles. The van der Waals surface area contributed by atoms with Crippen LogP contribution in [0.5, 0.6) is 0 Å². The van der Waals surface area contributed by atoms with Gasteiger partial charge in [-0.15, -0.1) is 0 Å². The van der Waals surface area contributed by atoms with Crippen LogP contribution in [-0.2, 0) is 16.4 Å². The van der Waals surface area contributed by atoms with Crippen molar-refractivity contribution in [3.63, 3.8) is 0 Å². The summed E-state index contributed by atoms with van der Waals surface area (Å²) in [5, 5.41) is 1.00. The Morgan fingerprint density at radius 3 is 2.24 bits per heavy atom. The summed E-state index contributed by atoms with van der Waals surface area (Å²) in [7, 11) is 1.15. The third kappa shape index (κ3) is 2.12. The van der Waals surface area contributed by atoms with Crippen LogP contribution in [0.3, 0.4) is 0 Å². The van der Waals surface area contributed by atoms with E-state index >= 15 is 0 Å². The van der Waals surface area contributed by atoms with Gasteiger partial charge in [-0.05, 0) is 45.2 Å². The summed E-state index contributed by atoms with van der Waals surface area (Å²) in [5.74, 6) is 0. The minimum absolute atomic E-state index is 0.0767. The van der Waals surface area contributed by atoms with Gasteiger partial charge in [0.25, 0.3) is 5.56 Å². The number of hydrogen-bond donors (Lipinski definition) is 0. The Hall–Kier alpha value is -1.59. The highest BCUT2D eigenvalue weighted by Gasteiger charge is 2.52. The van der Waals surface area contributed by atoms with Gasteiger partial charge < -0.3 is 13.9 Å².